The summed E-state index contributed by atoms with van der Waals surface area (Å²) < 4.78 is 5.26. The maximum absolute atomic E-state index is 5.26. The third kappa shape index (κ3) is 4.89. The number of hydrogen-bond acceptors (Lipinski definition) is 3. The van der Waals surface area contributed by atoms with Crippen molar-refractivity contribution in [2.45, 2.75) is 57.8 Å². The summed E-state index contributed by atoms with van der Waals surface area (Å²) in [7, 11) is 1.75. The molecule has 0 saturated carbocycles. The van der Waals surface area contributed by atoms with Crippen molar-refractivity contribution in [3.63, 3.8) is 0 Å². The quantitative estimate of drug-likeness (QED) is 0.803. The Labute approximate surface area is 123 Å². The molecule has 0 amide bonds. The van der Waals surface area contributed by atoms with E-state index in [0.29, 0.717) is 18.7 Å². The van der Waals surface area contributed by atoms with Crippen LogP contribution in [0.5, 0.6) is 0 Å². The second-order valence-corrected chi connectivity index (χ2v) is 5.87. The van der Waals surface area contributed by atoms with Crippen molar-refractivity contribution in [2.24, 2.45) is 0 Å². The lowest BCUT2D eigenvalue weighted by atomic mass is 9.98. The van der Waals surface area contributed by atoms with Crippen LogP contribution < -0.4 is 10.6 Å². The number of hydrogen-bond donors (Lipinski definition) is 2. The summed E-state index contributed by atoms with van der Waals surface area (Å²) in [6.07, 6.45) is 5.25. The second kappa shape index (κ2) is 8.40. The van der Waals surface area contributed by atoms with Gasteiger partial charge in [-0.15, -0.1) is 0 Å². The predicted octanol–water partition coefficient (Wildman–Crippen LogP) is 2.84. The Hall–Kier alpha value is -0.900. The number of ether oxygens (including phenoxy) is 1. The van der Waals surface area contributed by atoms with Crippen molar-refractivity contribution in [1.82, 2.24) is 10.6 Å². The summed E-state index contributed by atoms with van der Waals surface area (Å²) in [5, 5.41) is 7.27. The molecule has 1 aromatic rings. The fourth-order valence-corrected chi connectivity index (χ4v) is 2.95. The minimum atomic E-state index is 0.543. The molecular formula is C17H28N2O. The zero-order chi connectivity index (χ0) is 14.2. The van der Waals surface area contributed by atoms with Crippen molar-refractivity contribution in [3.05, 3.63) is 35.4 Å². The Bertz CT molecular complexity index is 388. The van der Waals surface area contributed by atoms with Crippen LogP contribution in [0.4, 0.5) is 0 Å². The first kappa shape index (κ1) is 15.5. The standard InChI is InChI=1S/C17H28N2O/c1-14(11-17-9-5-6-10-18-17)19-12-15-7-3-4-8-16(15)13-20-2/h3-4,7-8,14,17-19H,5-6,9-13H2,1-2H3. The van der Waals surface area contributed by atoms with Crippen molar-refractivity contribution in [3.8, 4) is 0 Å². The molecule has 20 heavy (non-hydrogen) atoms. The van der Waals surface area contributed by atoms with Gasteiger partial charge in [-0.2, -0.15) is 0 Å². The van der Waals surface area contributed by atoms with Gasteiger partial charge in [-0.25, -0.2) is 0 Å². The van der Waals surface area contributed by atoms with E-state index in [2.05, 4.69) is 41.8 Å². The minimum absolute atomic E-state index is 0.543. The molecule has 1 heterocycles. The molecule has 1 aromatic carbocycles. The molecule has 1 aliphatic heterocycles. The summed E-state index contributed by atoms with van der Waals surface area (Å²) in [5.74, 6) is 0. The first-order valence-corrected chi connectivity index (χ1v) is 7.82. The van der Waals surface area contributed by atoms with Crippen molar-refractivity contribution >= 4 is 0 Å². The molecule has 3 heteroatoms. The summed E-state index contributed by atoms with van der Waals surface area (Å²) in [5.41, 5.74) is 2.63. The largest absolute Gasteiger partial charge is 0.380 e. The van der Waals surface area contributed by atoms with E-state index in [0.717, 1.165) is 6.54 Å². The van der Waals surface area contributed by atoms with Crippen molar-refractivity contribution in [2.75, 3.05) is 13.7 Å². The molecule has 2 atom stereocenters. The van der Waals surface area contributed by atoms with Gasteiger partial charge in [-0.1, -0.05) is 30.7 Å². The van der Waals surface area contributed by atoms with Crippen molar-refractivity contribution < 1.29 is 4.74 Å². The highest BCUT2D eigenvalue weighted by atomic mass is 16.5. The number of piperidine rings is 1. The molecule has 1 saturated heterocycles. The fourth-order valence-electron chi connectivity index (χ4n) is 2.95. The molecule has 1 aliphatic rings. The Balaban J connectivity index is 1.78. The number of nitrogens with one attached hydrogen (secondary N) is 2. The molecular weight excluding hydrogens is 248 g/mol. The third-order valence-corrected chi connectivity index (χ3v) is 4.11. The Morgan fingerprint density at radius 1 is 1.30 bits per heavy atom. The fraction of sp³-hybridized carbons (Fsp3) is 0.647. The number of methoxy groups -OCH3 is 1. The van der Waals surface area contributed by atoms with Gasteiger partial charge in [-0.05, 0) is 43.9 Å². The van der Waals surface area contributed by atoms with E-state index in [9.17, 15) is 0 Å². The zero-order valence-corrected chi connectivity index (χ0v) is 12.8. The van der Waals surface area contributed by atoms with Crippen molar-refractivity contribution in [1.29, 1.82) is 0 Å². The summed E-state index contributed by atoms with van der Waals surface area (Å²) in [4.78, 5) is 0. The molecule has 0 bridgehead atoms. The Morgan fingerprint density at radius 2 is 2.10 bits per heavy atom. The zero-order valence-electron chi connectivity index (χ0n) is 12.8. The van der Waals surface area contributed by atoms with Gasteiger partial charge in [0.15, 0.2) is 0 Å². The van der Waals surface area contributed by atoms with Gasteiger partial charge in [0.2, 0.25) is 0 Å². The average Bonchev–Trinajstić information content (AvgIpc) is 2.48. The second-order valence-electron chi connectivity index (χ2n) is 5.87. The number of rotatable bonds is 7. The molecule has 3 nitrogen and oxygen atoms in total. The van der Waals surface area contributed by atoms with E-state index in [1.807, 2.05) is 0 Å². The highest BCUT2D eigenvalue weighted by Crippen LogP contribution is 2.13. The molecule has 2 N–H and O–H groups in total. The van der Waals surface area contributed by atoms with E-state index in [1.54, 1.807) is 7.11 Å². The number of benzene rings is 1. The van der Waals surface area contributed by atoms with Crippen LogP contribution in [-0.2, 0) is 17.9 Å². The van der Waals surface area contributed by atoms with E-state index in [4.69, 9.17) is 4.74 Å². The lowest BCUT2D eigenvalue weighted by molar-refractivity contribution is 0.184. The van der Waals surface area contributed by atoms with Gasteiger partial charge >= 0.3 is 0 Å². The van der Waals surface area contributed by atoms with Crippen LogP contribution in [0.2, 0.25) is 0 Å². The van der Waals surface area contributed by atoms with Crippen LogP contribution in [0.15, 0.2) is 24.3 Å². The maximum atomic E-state index is 5.26. The lowest BCUT2D eigenvalue weighted by Gasteiger charge is -2.26. The topological polar surface area (TPSA) is 33.3 Å². The average molecular weight is 276 g/mol. The molecule has 112 valence electrons. The summed E-state index contributed by atoms with van der Waals surface area (Å²) in [6, 6.07) is 9.75. The van der Waals surface area contributed by atoms with Gasteiger partial charge in [0, 0.05) is 25.7 Å². The highest BCUT2D eigenvalue weighted by Gasteiger charge is 2.15. The monoisotopic (exact) mass is 276 g/mol. The molecule has 0 spiro atoms. The smallest absolute Gasteiger partial charge is 0.0716 e. The van der Waals surface area contributed by atoms with Gasteiger partial charge in [-0.3, -0.25) is 0 Å². The van der Waals surface area contributed by atoms with Gasteiger partial charge in [0.05, 0.1) is 6.61 Å². The molecule has 1 fully saturated rings. The van der Waals surface area contributed by atoms with Gasteiger partial charge in [0.1, 0.15) is 0 Å². The van der Waals surface area contributed by atoms with Crippen LogP contribution in [0.1, 0.15) is 43.7 Å². The first-order valence-electron chi connectivity index (χ1n) is 7.82. The van der Waals surface area contributed by atoms with Gasteiger partial charge < -0.3 is 15.4 Å². The Kier molecular flexibility index (Phi) is 6.51. The first-order chi connectivity index (χ1) is 9.79. The van der Waals surface area contributed by atoms with E-state index >= 15 is 0 Å². The highest BCUT2D eigenvalue weighted by molar-refractivity contribution is 5.26. The lowest BCUT2D eigenvalue weighted by Crippen LogP contribution is -2.39. The van der Waals surface area contributed by atoms with Crippen LogP contribution >= 0.6 is 0 Å². The van der Waals surface area contributed by atoms with E-state index in [-0.39, 0.29) is 0 Å². The molecule has 0 aliphatic carbocycles. The predicted molar refractivity (Wildman–Crippen MR) is 83.7 cm³/mol. The van der Waals surface area contributed by atoms with Crippen LogP contribution in [-0.4, -0.2) is 25.7 Å². The van der Waals surface area contributed by atoms with E-state index in [1.165, 1.54) is 43.4 Å². The molecule has 0 radical (unpaired) electrons. The SMILES string of the molecule is COCc1ccccc1CNC(C)CC1CCCCN1. The maximum Gasteiger partial charge on any atom is 0.0716 e. The normalized spacial score (nSPS) is 20.8. The molecule has 0 aromatic heterocycles. The minimum Gasteiger partial charge on any atom is -0.380 e. The summed E-state index contributed by atoms with van der Waals surface area (Å²) in [6.45, 7) is 5.09. The Morgan fingerprint density at radius 3 is 2.80 bits per heavy atom. The third-order valence-electron chi connectivity index (χ3n) is 4.11. The molecule has 2 unspecified atom stereocenters. The molecule has 2 rings (SSSR count). The summed E-state index contributed by atoms with van der Waals surface area (Å²) >= 11 is 0. The van der Waals surface area contributed by atoms with Gasteiger partial charge in [0.25, 0.3) is 0 Å². The van der Waals surface area contributed by atoms with Crippen LogP contribution in [0.25, 0.3) is 0 Å². The van der Waals surface area contributed by atoms with Crippen LogP contribution in [0.3, 0.4) is 0 Å². The van der Waals surface area contributed by atoms with E-state index < -0.39 is 0 Å². The van der Waals surface area contributed by atoms with Crippen LogP contribution in [0, 0.1) is 0 Å².